The maximum absolute atomic E-state index is 8.80. The maximum Gasteiger partial charge on any atom is 0.118 e. The SMILES string of the molecule is COc1ccc(COCC/C=C(\C)CO)cc1. The standard InChI is InChI=1S/C14H20O3/c1-12(10-15)4-3-9-17-11-13-5-7-14(16-2)8-6-13/h4-8,15H,3,9-11H2,1-2H3/b12-4+. The van der Waals surface area contributed by atoms with Crippen molar-refractivity contribution in [2.45, 2.75) is 20.0 Å². The first kappa shape index (κ1) is 13.7. The number of rotatable bonds is 7. The molecule has 0 bridgehead atoms. The van der Waals surface area contributed by atoms with E-state index < -0.39 is 0 Å². The van der Waals surface area contributed by atoms with Crippen LogP contribution in [0.25, 0.3) is 0 Å². The van der Waals surface area contributed by atoms with Gasteiger partial charge in [0.15, 0.2) is 0 Å². The van der Waals surface area contributed by atoms with Gasteiger partial charge in [0.1, 0.15) is 5.75 Å². The molecule has 0 unspecified atom stereocenters. The van der Waals surface area contributed by atoms with Crippen LogP contribution in [0.4, 0.5) is 0 Å². The van der Waals surface area contributed by atoms with E-state index in [1.165, 1.54) is 0 Å². The third kappa shape index (κ3) is 5.52. The molecule has 1 N–H and O–H groups in total. The van der Waals surface area contributed by atoms with Crippen LogP contribution in [-0.4, -0.2) is 25.4 Å². The molecule has 0 saturated carbocycles. The van der Waals surface area contributed by atoms with E-state index in [0.29, 0.717) is 13.2 Å². The minimum Gasteiger partial charge on any atom is -0.497 e. The molecule has 1 aromatic rings. The highest BCUT2D eigenvalue weighted by Gasteiger charge is 1.94. The number of benzene rings is 1. The van der Waals surface area contributed by atoms with E-state index in [-0.39, 0.29) is 6.61 Å². The quantitative estimate of drug-likeness (QED) is 0.584. The minimum atomic E-state index is 0.123. The topological polar surface area (TPSA) is 38.7 Å². The summed E-state index contributed by atoms with van der Waals surface area (Å²) < 4.78 is 10.6. The van der Waals surface area contributed by atoms with Gasteiger partial charge in [-0.25, -0.2) is 0 Å². The summed E-state index contributed by atoms with van der Waals surface area (Å²) in [5.41, 5.74) is 2.12. The molecule has 0 aliphatic heterocycles. The van der Waals surface area contributed by atoms with Gasteiger partial charge in [0.05, 0.1) is 26.9 Å². The summed E-state index contributed by atoms with van der Waals surface area (Å²) in [6.07, 6.45) is 2.83. The molecule has 0 aliphatic carbocycles. The smallest absolute Gasteiger partial charge is 0.118 e. The number of aliphatic hydroxyl groups is 1. The van der Waals surface area contributed by atoms with Gasteiger partial charge < -0.3 is 14.6 Å². The minimum absolute atomic E-state index is 0.123. The van der Waals surface area contributed by atoms with Crippen molar-refractivity contribution in [3.8, 4) is 5.75 Å². The molecule has 0 saturated heterocycles. The molecule has 1 aromatic carbocycles. The third-order valence-electron chi connectivity index (χ3n) is 2.43. The Morgan fingerprint density at radius 1 is 1.29 bits per heavy atom. The summed E-state index contributed by atoms with van der Waals surface area (Å²) in [5.74, 6) is 0.857. The molecule has 3 nitrogen and oxygen atoms in total. The largest absolute Gasteiger partial charge is 0.497 e. The maximum atomic E-state index is 8.80. The lowest BCUT2D eigenvalue weighted by Gasteiger charge is -2.04. The highest BCUT2D eigenvalue weighted by molar-refractivity contribution is 5.26. The number of hydrogen-bond acceptors (Lipinski definition) is 3. The lowest BCUT2D eigenvalue weighted by molar-refractivity contribution is 0.125. The molecule has 0 atom stereocenters. The van der Waals surface area contributed by atoms with Gasteiger partial charge >= 0.3 is 0 Å². The van der Waals surface area contributed by atoms with Crippen LogP contribution in [0.2, 0.25) is 0 Å². The van der Waals surface area contributed by atoms with Gasteiger partial charge in [-0.15, -0.1) is 0 Å². The second-order valence-corrected chi connectivity index (χ2v) is 3.90. The van der Waals surface area contributed by atoms with Crippen LogP contribution in [0.1, 0.15) is 18.9 Å². The predicted octanol–water partition coefficient (Wildman–Crippen LogP) is 2.54. The van der Waals surface area contributed by atoms with Crippen molar-refractivity contribution in [2.75, 3.05) is 20.3 Å². The highest BCUT2D eigenvalue weighted by atomic mass is 16.5. The van der Waals surface area contributed by atoms with E-state index in [2.05, 4.69) is 0 Å². The van der Waals surface area contributed by atoms with E-state index in [1.54, 1.807) is 7.11 Å². The van der Waals surface area contributed by atoms with E-state index in [0.717, 1.165) is 23.3 Å². The highest BCUT2D eigenvalue weighted by Crippen LogP contribution is 2.11. The number of ether oxygens (including phenoxy) is 2. The van der Waals surface area contributed by atoms with Gasteiger partial charge in [-0.05, 0) is 31.0 Å². The lowest BCUT2D eigenvalue weighted by Crippen LogP contribution is -1.95. The van der Waals surface area contributed by atoms with Crippen LogP contribution in [-0.2, 0) is 11.3 Å². The van der Waals surface area contributed by atoms with Crippen molar-refractivity contribution < 1.29 is 14.6 Å². The summed E-state index contributed by atoms with van der Waals surface area (Å²) in [6.45, 7) is 3.31. The molecule has 0 radical (unpaired) electrons. The van der Waals surface area contributed by atoms with E-state index in [1.807, 2.05) is 37.3 Å². The summed E-state index contributed by atoms with van der Waals surface area (Å²) in [6, 6.07) is 7.84. The molecule has 3 heteroatoms. The first-order valence-corrected chi connectivity index (χ1v) is 5.73. The Morgan fingerprint density at radius 2 is 2.00 bits per heavy atom. The number of methoxy groups -OCH3 is 1. The van der Waals surface area contributed by atoms with Gasteiger partial charge in [0.25, 0.3) is 0 Å². The van der Waals surface area contributed by atoms with Crippen molar-refractivity contribution >= 4 is 0 Å². The van der Waals surface area contributed by atoms with Crippen LogP contribution in [0, 0.1) is 0 Å². The van der Waals surface area contributed by atoms with Gasteiger partial charge in [0, 0.05) is 0 Å². The van der Waals surface area contributed by atoms with Crippen LogP contribution in [0.3, 0.4) is 0 Å². The zero-order valence-corrected chi connectivity index (χ0v) is 10.5. The summed E-state index contributed by atoms with van der Waals surface area (Å²) in [5, 5.41) is 8.80. The fourth-order valence-corrected chi connectivity index (χ4v) is 1.36. The van der Waals surface area contributed by atoms with Crippen molar-refractivity contribution in [3.05, 3.63) is 41.5 Å². The van der Waals surface area contributed by atoms with Gasteiger partial charge in [-0.1, -0.05) is 23.8 Å². The first-order valence-electron chi connectivity index (χ1n) is 5.73. The van der Waals surface area contributed by atoms with Crippen LogP contribution in [0.5, 0.6) is 5.75 Å². The summed E-state index contributed by atoms with van der Waals surface area (Å²) in [7, 11) is 1.65. The molecule has 17 heavy (non-hydrogen) atoms. The Hall–Kier alpha value is -1.32. The monoisotopic (exact) mass is 236 g/mol. The van der Waals surface area contributed by atoms with Crippen LogP contribution < -0.4 is 4.74 Å². The first-order chi connectivity index (χ1) is 8.26. The predicted molar refractivity (Wildman–Crippen MR) is 68.1 cm³/mol. The lowest BCUT2D eigenvalue weighted by atomic mass is 10.2. The molecule has 0 spiro atoms. The molecular formula is C14H20O3. The normalized spacial score (nSPS) is 11.6. The van der Waals surface area contributed by atoms with Gasteiger partial charge in [-0.2, -0.15) is 0 Å². The second kappa shape index (κ2) is 7.87. The van der Waals surface area contributed by atoms with Crippen molar-refractivity contribution in [1.29, 1.82) is 0 Å². The molecule has 0 amide bonds. The molecule has 0 heterocycles. The van der Waals surface area contributed by atoms with Gasteiger partial charge in [-0.3, -0.25) is 0 Å². The average molecular weight is 236 g/mol. The zero-order valence-electron chi connectivity index (χ0n) is 10.5. The molecule has 94 valence electrons. The Labute approximate surface area is 103 Å². The Bertz CT molecular complexity index is 341. The molecule has 0 aromatic heterocycles. The van der Waals surface area contributed by atoms with Crippen LogP contribution >= 0.6 is 0 Å². The van der Waals surface area contributed by atoms with Crippen molar-refractivity contribution in [1.82, 2.24) is 0 Å². The van der Waals surface area contributed by atoms with Crippen molar-refractivity contribution in [3.63, 3.8) is 0 Å². The zero-order chi connectivity index (χ0) is 12.5. The molecule has 0 aliphatic rings. The van der Waals surface area contributed by atoms with E-state index >= 15 is 0 Å². The number of aliphatic hydroxyl groups excluding tert-OH is 1. The average Bonchev–Trinajstić information content (AvgIpc) is 2.38. The fourth-order valence-electron chi connectivity index (χ4n) is 1.36. The van der Waals surface area contributed by atoms with Crippen molar-refractivity contribution in [2.24, 2.45) is 0 Å². The Balaban J connectivity index is 2.22. The Kier molecular flexibility index (Phi) is 6.37. The van der Waals surface area contributed by atoms with E-state index in [9.17, 15) is 0 Å². The molecule has 0 fully saturated rings. The van der Waals surface area contributed by atoms with Gasteiger partial charge in [0.2, 0.25) is 0 Å². The number of hydrogen-bond donors (Lipinski definition) is 1. The summed E-state index contributed by atoms with van der Waals surface area (Å²) >= 11 is 0. The fraction of sp³-hybridized carbons (Fsp3) is 0.429. The third-order valence-corrected chi connectivity index (χ3v) is 2.43. The molecular weight excluding hydrogens is 216 g/mol. The van der Waals surface area contributed by atoms with Crippen LogP contribution in [0.15, 0.2) is 35.9 Å². The summed E-state index contributed by atoms with van der Waals surface area (Å²) in [4.78, 5) is 0. The van der Waals surface area contributed by atoms with E-state index in [4.69, 9.17) is 14.6 Å². The molecule has 1 rings (SSSR count). The Morgan fingerprint density at radius 3 is 2.59 bits per heavy atom. The second-order valence-electron chi connectivity index (χ2n) is 3.90.